The SMILES string of the molecule is COCC(=O)N1CCC2(CCCN(c3ncccn3)C2)C1. The van der Waals surface area contributed by atoms with Crippen LogP contribution in [0.1, 0.15) is 19.3 Å². The number of hydrogen-bond donors (Lipinski definition) is 0. The van der Waals surface area contributed by atoms with E-state index in [1.54, 1.807) is 19.5 Å². The van der Waals surface area contributed by atoms with Gasteiger partial charge in [0.1, 0.15) is 6.61 Å². The van der Waals surface area contributed by atoms with Gasteiger partial charge in [-0.3, -0.25) is 4.79 Å². The van der Waals surface area contributed by atoms with Crippen LogP contribution < -0.4 is 4.90 Å². The molecule has 2 aliphatic heterocycles. The average molecular weight is 290 g/mol. The number of methoxy groups -OCH3 is 1. The molecule has 0 saturated carbocycles. The summed E-state index contributed by atoms with van der Waals surface area (Å²) in [5, 5.41) is 0. The van der Waals surface area contributed by atoms with Gasteiger partial charge in [-0.15, -0.1) is 0 Å². The van der Waals surface area contributed by atoms with E-state index in [0.717, 1.165) is 45.0 Å². The van der Waals surface area contributed by atoms with E-state index in [4.69, 9.17) is 4.74 Å². The second-order valence-electron chi connectivity index (χ2n) is 6.07. The molecule has 2 aliphatic rings. The van der Waals surface area contributed by atoms with Crippen LogP contribution in [-0.4, -0.2) is 60.7 Å². The highest BCUT2D eigenvalue weighted by atomic mass is 16.5. The highest BCUT2D eigenvalue weighted by molar-refractivity contribution is 5.77. The number of aromatic nitrogens is 2. The molecular weight excluding hydrogens is 268 g/mol. The molecule has 1 atom stereocenters. The zero-order chi connectivity index (χ0) is 14.7. The van der Waals surface area contributed by atoms with Crippen LogP contribution >= 0.6 is 0 Å². The van der Waals surface area contributed by atoms with Crippen LogP contribution in [0, 0.1) is 5.41 Å². The Labute approximate surface area is 125 Å². The van der Waals surface area contributed by atoms with Gasteiger partial charge in [-0.2, -0.15) is 0 Å². The smallest absolute Gasteiger partial charge is 0.248 e. The van der Waals surface area contributed by atoms with Crippen molar-refractivity contribution in [2.45, 2.75) is 19.3 Å². The van der Waals surface area contributed by atoms with Gasteiger partial charge in [-0.25, -0.2) is 9.97 Å². The number of likely N-dealkylation sites (tertiary alicyclic amines) is 1. The molecule has 1 spiro atoms. The number of anilines is 1. The van der Waals surface area contributed by atoms with Gasteiger partial charge in [0.05, 0.1) is 0 Å². The van der Waals surface area contributed by atoms with Crippen LogP contribution in [0.5, 0.6) is 0 Å². The molecule has 0 N–H and O–H groups in total. The molecule has 3 rings (SSSR count). The normalized spacial score (nSPS) is 25.6. The number of hydrogen-bond acceptors (Lipinski definition) is 5. The molecule has 0 aliphatic carbocycles. The largest absolute Gasteiger partial charge is 0.375 e. The Balaban J connectivity index is 1.67. The van der Waals surface area contributed by atoms with E-state index < -0.39 is 0 Å². The van der Waals surface area contributed by atoms with E-state index in [2.05, 4.69) is 14.9 Å². The zero-order valence-corrected chi connectivity index (χ0v) is 12.5. The van der Waals surface area contributed by atoms with Gasteiger partial charge >= 0.3 is 0 Å². The number of carbonyl (C=O) groups is 1. The summed E-state index contributed by atoms with van der Waals surface area (Å²) in [6.07, 6.45) is 6.93. The van der Waals surface area contributed by atoms with Crippen molar-refractivity contribution in [3.63, 3.8) is 0 Å². The Hall–Kier alpha value is -1.69. The number of nitrogens with zero attached hydrogens (tertiary/aromatic N) is 4. The molecule has 6 nitrogen and oxygen atoms in total. The van der Waals surface area contributed by atoms with Crippen molar-refractivity contribution in [1.29, 1.82) is 0 Å². The summed E-state index contributed by atoms with van der Waals surface area (Å²) in [6.45, 7) is 3.79. The monoisotopic (exact) mass is 290 g/mol. The first kappa shape index (κ1) is 14.3. The molecule has 1 aromatic rings. The van der Waals surface area contributed by atoms with Gasteiger partial charge in [0.15, 0.2) is 0 Å². The number of rotatable bonds is 3. The molecule has 1 amide bonds. The summed E-state index contributed by atoms with van der Waals surface area (Å²) in [7, 11) is 1.57. The van der Waals surface area contributed by atoms with Gasteiger partial charge in [-0.05, 0) is 25.3 Å². The lowest BCUT2D eigenvalue weighted by Crippen LogP contribution is -2.46. The first-order valence-corrected chi connectivity index (χ1v) is 7.51. The lowest BCUT2D eigenvalue weighted by Gasteiger charge is -2.40. The van der Waals surface area contributed by atoms with Gasteiger partial charge in [0.2, 0.25) is 11.9 Å². The van der Waals surface area contributed by atoms with Crippen molar-refractivity contribution < 1.29 is 9.53 Å². The summed E-state index contributed by atoms with van der Waals surface area (Å²) in [5.74, 6) is 0.903. The third-order valence-electron chi connectivity index (χ3n) is 4.56. The Bertz CT molecular complexity index is 496. The van der Waals surface area contributed by atoms with Gasteiger partial charge in [0.25, 0.3) is 0 Å². The fourth-order valence-corrected chi connectivity index (χ4v) is 3.53. The Morgan fingerprint density at radius 3 is 2.86 bits per heavy atom. The third kappa shape index (κ3) is 3.00. The number of carbonyl (C=O) groups excluding carboxylic acids is 1. The maximum absolute atomic E-state index is 12.0. The van der Waals surface area contributed by atoms with E-state index in [-0.39, 0.29) is 17.9 Å². The Morgan fingerprint density at radius 2 is 2.10 bits per heavy atom. The minimum absolute atomic E-state index is 0.0995. The molecule has 114 valence electrons. The summed E-state index contributed by atoms with van der Waals surface area (Å²) in [4.78, 5) is 24.9. The van der Waals surface area contributed by atoms with E-state index in [1.165, 1.54) is 6.42 Å². The first-order chi connectivity index (χ1) is 10.2. The lowest BCUT2D eigenvalue weighted by molar-refractivity contribution is -0.134. The molecule has 1 aromatic heterocycles. The Kier molecular flexibility index (Phi) is 4.05. The van der Waals surface area contributed by atoms with Crippen LogP contribution in [-0.2, 0) is 9.53 Å². The van der Waals surface area contributed by atoms with Crippen molar-refractivity contribution in [2.75, 3.05) is 44.8 Å². The predicted octanol–water partition coefficient (Wildman–Crippen LogP) is 0.942. The van der Waals surface area contributed by atoms with Crippen LogP contribution in [0.3, 0.4) is 0 Å². The van der Waals surface area contributed by atoms with E-state index in [0.29, 0.717) is 0 Å². The quantitative estimate of drug-likeness (QED) is 0.829. The molecule has 6 heteroatoms. The molecule has 21 heavy (non-hydrogen) atoms. The third-order valence-corrected chi connectivity index (χ3v) is 4.56. The summed E-state index contributed by atoms with van der Waals surface area (Å²) in [5.41, 5.74) is 0.195. The van der Waals surface area contributed by atoms with Crippen molar-refractivity contribution in [2.24, 2.45) is 5.41 Å². The minimum Gasteiger partial charge on any atom is -0.375 e. The maximum Gasteiger partial charge on any atom is 0.248 e. The second kappa shape index (κ2) is 5.97. The van der Waals surface area contributed by atoms with Gasteiger partial charge in [-0.1, -0.05) is 0 Å². The topological polar surface area (TPSA) is 58.6 Å². The number of amides is 1. The fourth-order valence-electron chi connectivity index (χ4n) is 3.53. The zero-order valence-electron chi connectivity index (χ0n) is 12.5. The molecule has 3 heterocycles. The van der Waals surface area contributed by atoms with E-state index in [9.17, 15) is 4.79 Å². The minimum atomic E-state index is 0.0995. The summed E-state index contributed by atoms with van der Waals surface area (Å²) < 4.78 is 4.96. The molecule has 2 saturated heterocycles. The van der Waals surface area contributed by atoms with Gasteiger partial charge < -0.3 is 14.5 Å². The molecule has 0 bridgehead atoms. The summed E-state index contributed by atoms with van der Waals surface area (Å²) >= 11 is 0. The van der Waals surface area contributed by atoms with E-state index in [1.807, 2.05) is 11.0 Å². The van der Waals surface area contributed by atoms with Crippen molar-refractivity contribution in [1.82, 2.24) is 14.9 Å². The second-order valence-corrected chi connectivity index (χ2v) is 6.07. The number of piperidine rings is 1. The highest BCUT2D eigenvalue weighted by Crippen LogP contribution is 2.39. The summed E-state index contributed by atoms with van der Waals surface area (Å²) in [6, 6.07) is 1.84. The lowest BCUT2D eigenvalue weighted by atomic mass is 9.79. The maximum atomic E-state index is 12.0. The fraction of sp³-hybridized carbons (Fsp3) is 0.667. The predicted molar refractivity (Wildman–Crippen MR) is 79.0 cm³/mol. The van der Waals surface area contributed by atoms with Crippen LogP contribution in [0.15, 0.2) is 18.5 Å². The van der Waals surface area contributed by atoms with Crippen LogP contribution in [0.25, 0.3) is 0 Å². The molecule has 1 unspecified atom stereocenters. The Morgan fingerprint density at radius 1 is 1.29 bits per heavy atom. The van der Waals surface area contributed by atoms with Crippen molar-refractivity contribution in [3.8, 4) is 0 Å². The molecule has 2 fully saturated rings. The van der Waals surface area contributed by atoms with Gasteiger partial charge in [0, 0.05) is 51.1 Å². The highest BCUT2D eigenvalue weighted by Gasteiger charge is 2.43. The molecule has 0 radical (unpaired) electrons. The van der Waals surface area contributed by atoms with Crippen LogP contribution in [0.4, 0.5) is 5.95 Å². The first-order valence-electron chi connectivity index (χ1n) is 7.51. The van der Waals surface area contributed by atoms with Crippen molar-refractivity contribution in [3.05, 3.63) is 18.5 Å². The standard InChI is InChI=1S/C15H22N4O2/c1-21-10-13(20)18-9-5-15(11-18)4-2-8-19(12-15)14-16-6-3-7-17-14/h3,6-7H,2,4-5,8-12H2,1H3. The average Bonchev–Trinajstić information content (AvgIpc) is 2.92. The van der Waals surface area contributed by atoms with Crippen molar-refractivity contribution >= 4 is 11.9 Å². The number of ether oxygens (including phenoxy) is 1. The van der Waals surface area contributed by atoms with E-state index >= 15 is 0 Å². The van der Waals surface area contributed by atoms with Crippen LogP contribution in [0.2, 0.25) is 0 Å². The molecule has 0 aromatic carbocycles. The molecular formula is C15H22N4O2.